The highest BCUT2D eigenvalue weighted by atomic mass is 16.6. The summed E-state index contributed by atoms with van der Waals surface area (Å²) in [5.74, 6) is -0.638. The molecular formula is C22H21N5O5. The van der Waals surface area contributed by atoms with Crippen LogP contribution in [0.15, 0.2) is 53.6 Å². The fourth-order valence-corrected chi connectivity index (χ4v) is 3.05. The number of nitrogens with zero attached hydrogens (tertiary/aromatic N) is 4. The second-order valence-corrected chi connectivity index (χ2v) is 7.06. The lowest BCUT2D eigenvalue weighted by molar-refractivity contribution is -0.386. The van der Waals surface area contributed by atoms with Crippen molar-refractivity contribution in [1.29, 1.82) is 0 Å². The quantitative estimate of drug-likeness (QED) is 0.200. The van der Waals surface area contributed by atoms with Crippen molar-refractivity contribution >= 4 is 23.8 Å². The molecular weight excluding hydrogens is 414 g/mol. The van der Waals surface area contributed by atoms with Crippen molar-refractivity contribution in [3.8, 4) is 5.75 Å². The summed E-state index contributed by atoms with van der Waals surface area (Å²) in [4.78, 5) is 34.9. The number of nitro groups is 1. The molecule has 0 radical (unpaired) electrons. The van der Waals surface area contributed by atoms with Crippen molar-refractivity contribution < 1.29 is 19.2 Å². The molecule has 3 rings (SSSR count). The minimum absolute atomic E-state index is 0.113. The number of benzene rings is 2. The van der Waals surface area contributed by atoms with Gasteiger partial charge in [-0.15, -0.1) is 0 Å². The zero-order valence-corrected chi connectivity index (χ0v) is 17.7. The number of carbonyl (C=O) groups excluding carboxylic acids is 2. The van der Waals surface area contributed by atoms with E-state index in [0.717, 1.165) is 5.56 Å². The Balaban J connectivity index is 1.60. The highest BCUT2D eigenvalue weighted by molar-refractivity contribution is 5.91. The van der Waals surface area contributed by atoms with E-state index in [4.69, 9.17) is 4.74 Å². The van der Waals surface area contributed by atoms with Gasteiger partial charge in [0.2, 0.25) is 0 Å². The van der Waals surface area contributed by atoms with Crippen molar-refractivity contribution in [1.82, 2.24) is 15.2 Å². The molecule has 2 aromatic carbocycles. The number of hydrogen-bond acceptors (Lipinski definition) is 7. The number of nitrogens with one attached hydrogen (secondary N) is 1. The van der Waals surface area contributed by atoms with E-state index < -0.39 is 16.8 Å². The Morgan fingerprint density at radius 1 is 1.19 bits per heavy atom. The minimum Gasteiger partial charge on any atom is -0.423 e. The van der Waals surface area contributed by atoms with Crippen molar-refractivity contribution in [2.24, 2.45) is 5.10 Å². The second kappa shape index (κ2) is 9.65. The Bertz CT molecular complexity index is 1220. The summed E-state index contributed by atoms with van der Waals surface area (Å²) in [5.41, 5.74) is 4.75. The van der Waals surface area contributed by atoms with Gasteiger partial charge in [-0.05, 0) is 50.6 Å². The van der Waals surface area contributed by atoms with Crippen LogP contribution in [0.2, 0.25) is 0 Å². The van der Waals surface area contributed by atoms with Crippen LogP contribution in [0.3, 0.4) is 0 Å². The number of aromatic nitrogens is 2. The van der Waals surface area contributed by atoms with Gasteiger partial charge < -0.3 is 4.74 Å². The fourth-order valence-electron chi connectivity index (χ4n) is 3.05. The molecule has 1 heterocycles. The van der Waals surface area contributed by atoms with E-state index >= 15 is 0 Å². The molecule has 10 heteroatoms. The maximum atomic E-state index is 12.3. The summed E-state index contributed by atoms with van der Waals surface area (Å²) in [5, 5.41) is 19.0. The normalized spacial score (nSPS) is 10.8. The first-order valence-corrected chi connectivity index (χ1v) is 9.64. The van der Waals surface area contributed by atoms with E-state index in [9.17, 15) is 19.7 Å². The molecule has 0 saturated heterocycles. The van der Waals surface area contributed by atoms with Crippen molar-refractivity contribution in [2.75, 3.05) is 0 Å². The SMILES string of the molecule is Cc1cccc(C(=O)Oc2cccc(/C=N/NC(=O)Cn3nc(C)c([N+](=O)[O-])c3C)c2)c1. The van der Waals surface area contributed by atoms with Crippen LogP contribution in [0.25, 0.3) is 0 Å². The Kier molecular flexibility index (Phi) is 6.74. The van der Waals surface area contributed by atoms with Crippen LogP contribution in [-0.4, -0.2) is 32.8 Å². The molecule has 0 aliphatic carbocycles. The molecule has 0 fully saturated rings. The molecule has 0 atom stereocenters. The number of aryl methyl sites for hydroxylation is 2. The van der Waals surface area contributed by atoms with Crippen LogP contribution in [-0.2, 0) is 11.3 Å². The van der Waals surface area contributed by atoms with Gasteiger partial charge in [0, 0.05) is 0 Å². The molecule has 0 spiro atoms. The third-order valence-electron chi connectivity index (χ3n) is 4.54. The number of rotatable bonds is 7. The maximum Gasteiger partial charge on any atom is 0.343 e. The van der Waals surface area contributed by atoms with Crippen LogP contribution in [0.5, 0.6) is 5.75 Å². The van der Waals surface area contributed by atoms with Gasteiger partial charge in [-0.25, -0.2) is 10.2 Å². The van der Waals surface area contributed by atoms with Gasteiger partial charge in [0.1, 0.15) is 23.7 Å². The first-order valence-electron chi connectivity index (χ1n) is 9.64. The topological polar surface area (TPSA) is 129 Å². The Morgan fingerprint density at radius 2 is 1.94 bits per heavy atom. The summed E-state index contributed by atoms with van der Waals surface area (Å²) < 4.78 is 6.65. The van der Waals surface area contributed by atoms with Crippen molar-refractivity contribution in [2.45, 2.75) is 27.3 Å². The lowest BCUT2D eigenvalue weighted by Crippen LogP contribution is -2.24. The lowest BCUT2D eigenvalue weighted by atomic mass is 10.1. The molecule has 0 bridgehead atoms. The molecule has 164 valence electrons. The maximum absolute atomic E-state index is 12.3. The number of esters is 1. The van der Waals surface area contributed by atoms with E-state index in [1.807, 2.05) is 13.0 Å². The first kappa shape index (κ1) is 22.3. The molecule has 10 nitrogen and oxygen atoms in total. The zero-order chi connectivity index (χ0) is 23.3. The lowest BCUT2D eigenvalue weighted by Gasteiger charge is -2.06. The molecule has 32 heavy (non-hydrogen) atoms. The third kappa shape index (κ3) is 5.42. The number of hydrogen-bond donors (Lipinski definition) is 1. The number of hydrazone groups is 1. The molecule has 1 N–H and O–H groups in total. The smallest absolute Gasteiger partial charge is 0.343 e. The zero-order valence-electron chi connectivity index (χ0n) is 17.7. The highest BCUT2D eigenvalue weighted by Crippen LogP contribution is 2.21. The summed E-state index contributed by atoms with van der Waals surface area (Å²) >= 11 is 0. The van der Waals surface area contributed by atoms with Gasteiger partial charge in [-0.3, -0.25) is 19.6 Å². The van der Waals surface area contributed by atoms with Crippen molar-refractivity contribution in [3.63, 3.8) is 0 Å². The molecule has 1 aromatic heterocycles. The average molecular weight is 435 g/mol. The van der Waals surface area contributed by atoms with Gasteiger partial charge >= 0.3 is 11.7 Å². The average Bonchev–Trinajstić information content (AvgIpc) is 3.01. The molecule has 1 amide bonds. The Morgan fingerprint density at radius 3 is 2.62 bits per heavy atom. The van der Waals surface area contributed by atoms with Gasteiger partial charge in [0.05, 0.1) is 16.7 Å². The number of carbonyl (C=O) groups is 2. The van der Waals surface area contributed by atoms with Gasteiger partial charge in [-0.2, -0.15) is 10.2 Å². The third-order valence-corrected chi connectivity index (χ3v) is 4.54. The fraction of sp³-hybridized carbons (Fsp3) is 0.182. The predicted octanol–water partition coefficient (Wildman–Crippen LogP) is 3.09. The monoisotopic (exact) mass is 435 g/mol. The van der Waals surface area contributed by atoms with E-state index in [1.165, 1.54) is 24.7 Å². The minimum atomic E-state index is -0.525. The first-order chi connectivity index (χ1) is 15.2. The van der Waals surface area contributed by atoms with E-state index in [2.05, 4.69) is 15.6 Å². The van der Waals surface area contributed by atoms with Crippen molar-refractivity contribution in [3.05, 3.63) is 86.7 Å². The highest BCUT2D eigenvalue weighted by Gasteiger charge is 2.22. The van der Waals surface area contributed by atoms with Gasteiger partial charge in [0.25, 0.3) is 5.91 Å². The van der Waals surface area contributed by atoms with Crippen LogP contribution in [0.1, 0.15) is 32.9 Å². The summed E-state index contributed by atoms with van der Waals surface area (Å²) in [7, 11) is 0. The number of ether oxygens (including phenoxy) is 1. The second-order valence-electron chi connectivity index (χ2n) is 7.06. The molecule has 0 saturated carbocycles. The predicted molar refractivity (Wildman–Crippen MR) is 117 cm³/mol. The Labute approximate surface area is 183 Å². The largest absolute Gasteiger partial charge is 0.423 e. The molecule has 0 aliphatic rings. The van der Waals surface area contributed by atoms with E-state index in [1.54, 1.807) is 42.5 Å². The van der Waals surface area contributed by atoms with Gasteiger partial charge in [-0.1, -0.05) is 29.8 Å². The van der Waals surface area contributed by atoms with E-state index in [-0.39, 0.29) is 23.6 Å². The molecule has 0 unspecified atom stereocenters. The standard InChI is InChI=1S/C22H21N5O5/c1-14-6-4-8-18(10-14)22(29)32-19-9-5-7-17(11-19)12-23-24-20(28)13-26-16(3)21(27(30)31)15(2)25-26/h4-12H,13H2,1-3H3,(H,24,28)/b23-12+. The summed E-state index contributed by atoms with van der Waals surface area (Å²) in [6.45, 7) is 4.71. The van der Waals surface area contributed by atoms with Crippen LogP contribution in [0, 0.1) is 30.9 Å². The summed E-state index contributed by atoms with van der Waals surface area (Å²) in [6.07, 6.45) is 1.39. The Hall–Kier alpha value is -4.34. The van der Waals surface area contributed by atoms with E-state index in [0.29, 0.717) is 16.9 Å². The van der Waals surface area contributed by atoms with Gasteiger partial charge in [0.15, 0.2) is 0 Å². The van der Waals surface area contributed by atoms with Crippen LogP contribution >= 0.6 is 0 Å². The molecule has 3 aromatic rings. The molecule has 0 aliphatic heterocycles. The van der Waals surface area contributed by atoms with Crippen LogP contribution < -0.4 is 10.2 Å². The van der Waals surface area contributed by atoms with Crippen LogP contribution in [0.4, 0.5) is 5.69 Å². The number of amides is 1. The summed E-state index contributed by atoms with van der Waals surface area (Å²) in [6, 6.07) is 13.7.